The van der Waals surface area contributed by atoms with Gasteiger partial charge in [0.05, 0.1) is 0 Å². The molecule has 1 heterocycles. The Labute approximate surface area is 73.1 Å². The van der Waals surface area contributed by atoms with Crippen LogP contribution in [0.4, 0.5) is 4.79 Å². The third kappa shape index (κ3) is 1.88. The lowest BCUT2D eigenvalue weighted by Crippen LogP contribution is -2.53. The van der Waals surface area contributed by atoms with Crippen LogP contribution in [0.1, 0.15) is 19.8 Å². The van der Waals surface area contributed by atoms with Gasteiger partial charge in [0.15, 0.2) is 0 Å². The SMILES string of the molecule is CCC(CN)N1CCCNC1=O. The minimum atomic E-state index is 0.0403. The van der Waals surface area contributed by atoms with Crippen LogP contribution >= 0.6 is 0 Å². The van der Waals surface area contributed by atoms with E-state index in [-0.39, 0.29) is 12.1 Å². The van der Waals surface area contributed by atoms with Crippen molar-refractivity contribution >= 4 is 6.03 Å². The lowest BCUT2D eigenvalue weighted by atomic mass is 10.1. The molecule has 4 nitrogen and oxygen atoms in total. The molecule has 1 fully saturated rings. The minimum absolute atomic E-state index is 0.0403. The first-order valence-corrected chi connectivity index (χ1v) is 4.54. The van der Waals surface area contributed by atoms with Crippen LogP contribution in [0.2, 0.25) is 0 Å². The largest absolute Gasteiger partial charge is 0.338 e. The van der Waals surface area contributed by atoms with Crippen LogP contribution in [-0.4, -0.2) is 36.6 Å². The first-order chi connectivity index (χ1) is 5.79. The van der Waals surface area contributed by atoms with Crippen molar-refractivity contribution in [2.45, 2.75) is 25.8 Å². The number of hydrogen-bond donors (Lipinski definition) is 2. The van der Waals surface area contributed by atoms with Crippen LogP contribution < -0.4 is 11.1 Å². The summed E-state index contributed by atoms with van der Waals surface area (Å²) in [6.45, 7) is 4.27. The second-order valence-corrected chi connectivity index (χ2v) is 3.08. The summed E-state index contributed by atoms with van der Waals surface area (Å²) in [4.78, 5) is 13.1. The number of nitrogens with two attached hydrogens (primary N) is 1. The lowest BCUT2D eigenvalue weighted by Gasteiger charge is -2.33. The quantitative estimate of drug-likeness (QED) is 0.634. The normalized spacial score (nSPS) is 20.5. The van der Waals surface area contributed by atoms with Gasteiger partial charge in [-0.2, -0.15) is 0 Å². The van der Waals surface area contributed by atoms with Crippen LogP contribution in [0.5, 0.6) is 0 Å². The molecule has 0 bridgehead atoms. The summed E-state index contributed by atoms with van der Waals surface area (Å²) in [5.74, 6) is 0. The van der Waals surface area contributed by atoms with E-state index in [0.717, 1.165) is 25.9 Å². The van der Waals surface area contributed by atoms with E-state index < -0.39 is 0 Å². The topological polar surface area (TPSA) is 58.4 Å². The number of nitrogens with zero attached hydrogens (tertiary/aromatic N) is 1. The zero-order valence-electron chi connectivity index (χ0n) is 7.55. The maximum Gasteiger partial charge on any atom is 0.317 e. The van der Waals surface area contributed by atoms with Gasteiger partial charge in [-0.1, -0.05) is 6.92 Å². The highest BCUT2D eigenvalue weighted by Gasteiger charge is 2.23. The van der Waals surface area contributed by atoms with Gasteiger partial charge in [-0.3, -0.25) is 0 Å². The molecular formula is C8H17N3O. The molecular weight excluding hydrogens is 154 g/mol. The summed E-state index contributed by atoms with van der Waals surface area (Å²) in [5, 5.41) is 2.81. The van der Waals surface area contributed by atoms with Crippen LogP contribution in [0.3, 0.4) is 0 Å². The van der Waals surface area contributed by atoms with Gasteiger partial charge in [0.1, 0.15) is 0 Å². The number of nitrogens with one attached hydrogen (secondary N) is 1. The van der Waals surface area contributed by atoms with Gasteiger partial charge in [0.25, 0.3) is 0 Å². The fourth-order valence-electron chi connectivity index (χ4n) is 1.51. The predicted octanol–water partition coefficient (Wildman–Crippen LogP) is 0.139. The Balaban J connectivity index is 2.51. The number of urea groups is 1. The molecule has 1 unspecified atom stereocenters. The number of rotatable bonds is 3. The maximum absolute atomic E-state index is 11.3. The van der Waals surface area contributed by atoms with Crippen molar-refractivity contribution < 1.29 is 4.79 Å². The number of carbonyl (C=O) groups is 1. The minimum Gasteiger partial charge on any atom is -0.338 e. The van der Waals surface area contributed by atoms with Crippen molar-refractivity contribution in [2.75, 3.05) is 19.6 Å². The van der Waals surface area contributed by atoms with Crippen LogP contribution in [0.25, 0.3) is 0 Å². The highest BCUT2D eigenvalue weighted by molar-refractivity contribution is 5.75. The van der Waals surface area contributed by atoms with Crippen molar-refractivity contribution in [3.63, 3.8) is 0 Å². The summed E-state index contributed by atoms with van der Waals surface area (Å²) in [7, 11) is 0. The molecule has 0 spiro atoms. The molecule has 1 saturated heterocycles. The van der Waals surface area contributed by atoms with E-state index in [1.807, 2.05) is 4.90 Å². The first-order valence-electron chi connectivity index (χ1n) is 4.54. The van der Waals surface area contributed by atoms with Crippen molar-refractivity contribution in [3.05, 3.63) is 0 Å². The van der Waals surface area contributed by atoms with E-state index >= 15 is 0 Å². The number of hydrogen-bond acceptors (Lipinski definition) is 2. The van der Waals surface area contributed by atoms with Gasteiger partial charge < -0.3 is 16.0 Å². The third-order valence-electron chi connectivity index (χ3n) is 2.30. The third-order valence-corrected chi connectivity index (χ3v) is 2.30. The fourth-order valence-corrected chi connectivity index (χ4v) is 1.51. The molecule has 0 radical (unpaired) electrons. The van der Waals surface area contributed by atoms with Crippen molar-refractivity contribution in [1.82, 2.24) is 10.2 Å². The first kappa shape index (κ1) is 9.32. The Bertz CT molecular complexity index is 156. The molecule has 2 amide bonds. The second-order valence-electron chi connectivity index (χ2n) is 3.08. The number of amides is 2. The molecule has 0 saturated carbocycles. The van der Waals surface area contributed by atoms with Gasteiger partial charge in [-0.05, 0) is 12.8 Å². The zero-order chi connectivity index (χ0) is 8.97. The second kappa shape index (κ2) is 4.30. The molecule has 0 aromatic heterocycles. The van der Waals surface area contributed by atoms with E-state index in [1.54, 1.807) is 0 Å². The fraction of sp³-hybridized carbons (Fsp3) is 0.875. The highest BCUT2D eigenvalue weighted by atomic mass is 16.2. The molecule has 1 aliphatic heterocycles. The Kier molecular flexibility index (Phi) is 3.34. The molecule has 4 heteroatoms. The predicted molar refractivity (Wildman–Crippen MR) is 47.9 cm³/mol. The standard InChI is InChI=1S/C8H17N3O/c1-2-7(6-9)11-5-3-4-10-8(11)12/h7H,2-6,9H2,1H3,(H,10,12). The maximum atomic E-state index is 11.3. The van der Waals surface area contributed by atoms with Gasteiger partial charge in [-0.25, -0.2) is 4.79 Å². The van der Waals surface area contributed by atoms with Gasteiger partial charge in [0, 0.05) is 25.7 Å². The summed E-state index contributed by atoms with van der Waals surface area (Å²) >= 11 is 0. The Hall–Kier alpha value is -0.770. The average molecular weight is 171 g/mol. The molecule has 70 valence electrons. The lowest BCUT2D eigenvalue weighted by molar-refractivity contribution is 0.161. The van der Waals surface area contributed by atoms with E-state index in [0.29, 0.717) is 6.54 Å². The van der Waals surface area contributed by atoms with Crippen molar-refractivity contribution in [1.29, 1.82) is 0 Å². The van der Waals surface area contributed by atoms with Gasteiger partial charge in [-0.15, -0.1) is 0 Å². The van der Waals surface area contributed by atoms with Crippen LogP contribution in [0.15, 0.2) is 0 Å². The van der Waals surface area contributed by atoms with Crippen LogP contribution in [0, 0.1) is 0 Å². The van der Waals surface area contributed by atoms with Crippen molar-refractivity contribution in [3.8, 4) is 0 Å². The van der Waals surface area contributed by atoms with Gasteiger partial charge in [0.2, 0.25) is 0 Å². The summed E-state index contributed by atoms with van der Waals surface area (Å²) < 4.78 is 0. The smallest absolute Gasteiger partial charge is 0.317 e. The van der Waals surface area contributed by atoms with E-state index in [9.17, 15) is 4.79 Å². The van der Waals surface area contributed by atoms with E-state index in [4.69, 9.17) is 5.73 Å². The monoisotopic (exact) mass is 171 g/mol. The molecule has 1 atom stereocenters. The zero-order valence-corrected chi connectivity index (χ0v) is 7.55. The highest BCUT2D eigenvalue weighted by Crippen LogP contribution is 2.07. The molecule has 0 aliphatic carbocycles. The Morgan fingerprint density at radius 1 is 1.75 bits per heavy atom. The summed E-state index contributed by atoms with van der Waals surface area (Å²) in [6.07, 6.45) is 1.96. The summed E-state index contributed by atoms with van der Waals surface area (Å²) in [5.41, 5.74) is 5.55. The van der Waals surface area contributed by atoms with Crippen molar-refractivity contribution in [2.24, 2.45) is 5.73 Å². The van der Waals surface area contributed by atoms with E-state index in [1.165, 1.54) is 0 Å². The summed E-state index contributed by atoms with van der Waals surface area (Å²) in [6, 6.07) is 0.254. The molecule has 1 aliphatic rings. The molecule has 0 aromatic rings. The molecule has 12 heavy (non-hydrogen) atoms. The average Bonchev–Trinajstić information content (AvgIpc) is 2.10. The Morgan fingerprint density at radius 3 is 3.00 bits per heavy atom. The molecule has 3 N–H and O–H groups in total. The molecule has 1 rings (SSSR count). The van der Waals surface area contributed by atoms with Gasteiger partial charge >= 0.3 is 6.03 Å². The Morgan fingerprint density at radius 2 is 2.50 bits per heavy atom. The van der Waals surface area contributed by atoms with Crippen LogP contribution in [-0.2, 0) is 0 Å². The number of carbonyl (C=O) groups excluding carboxylic acids is 1. The van der Waals surface area contributed by atoms with E-state index in [2.05, 4.69) is 12.2 Å². The molecule has 0 aromatic carbocycles.